The maximum atomic E-state index is 14.2. The van der Waals surface area contributed by atoms with Gasteiger partial charge in [-0.15, -0.1) is 12.4 Å². The largest absolute Gasteiger partial charge is 0.487 e. The molecular weight excluding hydrogens is 371 g/mol. The number of hydrogen-bond acceptors (Lipinski definition) is 5. The van der Waals surface area contributed by atoms with Gasteiger partial charge in [0.05, 0.1) is 18.1 Å². The highest BCUT2D eigenvalue weighted by atomic mass is 35.5. The molecule has 1 aromatic carbocycles. The minimum Gasteiger partial charge on any atom is -0.487 e. The van der Waals surface area contributed by atoms with Crippen LogP contribution < -0.4 is 14.8 Å². The molecule has 0 amide bonds. The Labute approximate surface area is 153 Å². The minimum absolute atomic E-state index is 0. The maximum Gasteiger partial charge on any atom is 0.240 e. The smallest absolute Gasteiger partial charge is 0.240 e. The van der Waals surface area contributed by atoms with E-state index in [-0.39, 0.29) is 35.2 Å². The van der Waals surface area contributed by atoms with E-state index in [4.69, 9.17) is 9.47 Å². The Balaban J connectivity index is 0.00000225. The first-order valence-electron chi connectivity index (χ1n) is 8.31. The van der Waals surface area contributed by atoms with Crippen molar-refractivity contribution in [1.82, 2.24) is 10.0 Å². The van der Waals surface area contributed by atoms with Crippen LogP contribution >= 0.6 is 12.4 Å². The molecule has 0 saturated carbocycles. The molecule has 2 N–H and O–H groups in total. The molecule has 142 valence electrons. The van der Waals surface area contributed by atoms with Gasteiger partial charge in [0.2, 0.25) is 10.0 Å². The molecule has 0 aliphatic carbocycles. The topological polar surface area (TPSA) is 76.7 Å². The van der Waals surface area contributed by atoms with Crippen molar-refractivity contribution in [3.63, 3.8) is 0 Å². The molecule has 0 aromatic heterocycles. The molecule has 0 radical (unpaired) electrons. The van der Waals surface area contributed by atoms with Gasteiger partial charge in [-0.05, 0) is 37.6 Å². The summed E-state index contributed by atoms with van der Waals surface area (Å²) in [4.78, 5) is -0.0858. The maximum absolute atomic E-state index is 14.2. The van der Waals surface area contributed by atoms with Crippen molar-refractivity contribution < 1.29 is 22.3 Å². The van der Waals surface area contributed by atoms with Crippen molar-refractivity contribution in [3.8, 4) is 5.75 Å². The zero-order valence-electron chi connectivity index (χ0n) is 13.9. The summed E-state index contributed by atoms with van der Waals surface area (Å²) in [6.07, 6.45) is 3.29. The average molecular weight is 395 g/mol. The van der Waals surface area contributed by atoms with E-state index in [0.29, 0.717) is 32.6 Å². The van der Waals surface area contributed by atoms with Crippen LogP contribution in [-0.4, -0.2) is 46.9 Å². The van der Waals surface area contributed by atoms with Crippen LogP contribution in [0, 0.1) is 5.82 Å². The first-order chi connectivity index (χ1) is 11.5. The molecule has 1 aromatic rings. The van der Waals surface area contributed by atoms with Gasteiger partial charge in [0.1, 0.15) is 6.10 Å². The van der Waals surface area contributed by atoms with Crippen LogP contribution in [0.1, 0.15) is 25.7 Å². The minimum atomic E-state index is -3.73. The molecule has 2 aliphatic rings. The molecule has 1 atom stereocenters. The lowest BCUT2D eigenvalue weighted by atomic mass is 10.1. The normalized spacial score (nSPS) is 21.7. The lowest BCUT2D eigenvalue weighted by Gasteiger charge is -2.23. The van der Waals surface area contributed by atoms with Crippen LogP contribution in [0.15, 0.2) is 23.1 Å². The molecule has 2 aliphatic heterocycles. The Morgan fingerprint density at radius 1 is 1.28 bits per heavy atom. The summed E-state index contributed by atoms with van der Waals surface area (Å²) in [7, 11) is -3.73. The van der Waals surface area contributed by atoms with E-state index in [1.54, 1.807) is 0 Å². The standard InChI is InChI=1S/C16H23FN2O4S.ClH/c17-15-10-14(24(20,21)19-11-12-2-1-7-18-12)3-4-16(15)23-13-5-8-22-9-6-13;/h3-4,10,12-13,18-19H,1-2,5-9,11H2;1H. The quantitative estimate of drug-likeness (QED) is 0.769. The van der Waals surface area contributed by atoms with E-state index in [9.17, 15) is 12.8 Å². The summed E-state index contributed by atoms with van der Waals surface area (Å²) in [6, 6.07) is 3.91. The van der Waals surface area contributed by atoms with Crippen molar-refractivity contribution in [2.24, 2.45) is 0 Å². The predicted molar refractivity (Wildman–Crippen MR) is 94.3 cm³/mol. The third-order valence-corrected chi connectivity index (χ3v) is 5.78. The second-order valence-electron chi connectivity index (χ2n) is 6.17. The fourth-order valence-corrected chi connectivity index (χ4v) is 4.04. The van der Waals surface area contributed by atoms with Gasteiger partial charge in [-0.2, -0.15) is 0 Å². The first kappa shape index (κ1) is 20.4. The van der Waals surface area contributed by atoms with E-state index < -0.39 is 15.8 Å². The fraction of sp³-hybridized carbons (Fsp3) is 0.625. The lowest BCUT2D eigenvalue weighted by Crippen LogP contribution is -2.37. The van der Waals surface area contributed by atoms with Crippen LogP contribution in [0.5, 0.6) is 5.75 Å². The van der Waals surface area contributed by atoms with Crippen molar-refractivity contribution in [1.29, 1.82) is 0 Å². The van der Waals surface area contributed by atoms with E-state index >= 15 is 0 Å². The number of nitrogens with one attached hydrogen (secondary N) is 2. The Morgan fingerprint density at radius 3 is 2.68 bits per heavy atom. The summed E-state index contributed by atoms with van der Waals surface area (Å²) >= 11 is 0. The Kier molecular flexibility index (Phi) is 7.45. The van der Waals surface area contributed by atoms with E-state index in [0.717, 1.165) is 25.5 Å². The van der Waals surface area contributed by atoms with Gasteiger partial charge < -0.3 is 14.8 Å². The molecule has 2 fully saturated rings. The average Bonchev–Trinajstić information content (AvgIpc) is 3.09. The summed E-state index contributed by atoms with van der Waals surface area (Å²) in [6.45, 7) is 2.40. The van der Waals surface area contributed by atoms with Gasteiger partial charge in [-0.3, -0.25) is 0 Å². The highest BCUT2D eigenvalue weighted by molar-refractivity contribution is 7.89. The molecule has 3 rings (SSSR count). The molecule has 6 nitrogen and oxygen atoms in total. The van der Waals surface area contributed by atoms with Crippen molar-refractivity contribution in [2.75, 3.05) is 26.3 Å². The summed E-state index contributed by atoms with van der Waals surface area (Å²) < 4.78 is 52.2. The van der Waals surface area contributed by atoms with Crippen molar-refractivity contribution in [3.05, 3.63) is 24.0 Å². The third-order valence-electron chi connectivity index (χ3n) is 4.36. The highest BCUT2D eigenvalue weighted by Crippen LogP contribution is 2.24. The third kappa shape index (κ3) is 5.52. The summed E-state index contributed by atoms with van der Waals surface area (Å²) in [5.74, 6) is -0.582. The number of rotatable bonds is 6. The number of hydrogen-bond donors (Lipinski definition) is 2. The molecule has 0 spiro atoms. The van der Waals surface area contributed by atoms with Gasteiger partial charge in [0.25, 0.3) is 0 Å². The van der Waals surface area contributed by atoms with Crippen LogP contribution in [0.3, 0.4) is 0 Å². The molecule has 25 heavy (non-hydrogen) atoms. The Bertz CT molecular complexity index is 662. The molecule has 2 saturated heterocycles. The van der Waals surface area contributed by atoms with Crippen LogP contribution in [-0.2, 0) is 14.8 Å². The lowest BCUT2D eigenvalue weighted by molar-refractivity contribution is 0.0240. The number of halogens is 2. The van der Waals surface area contributed by atoms with Gasteiger partial charge in [-0.1, -0.05) is 0 Å². The fourth-order valence-electron chi connectivity index (χ4n) is 2.94. The zero-order chi connectivity index (χ0) is 17.0. The van der Waals surface area contributed by atoms with Crippen molar-refractivity contribution in [2.45, 2.75) is 42.7 Å². The first-order valence-corrected chi connectivity index (χ1v) is 9.80. The molecule has 1 unspecified atom stereocenters. The molecule has 2 heterocycles. The van der Waals surface area contributed by atoms with E-state index in [2.05, 4.69) is 10.0 Å². The summed E-state index contributed by atoms with van der Waals surface area (Å²) in [5.41, 5.74) is 0. The van der Waals surface area contributed by atoms with Gasteiger partial charge in [0.15, 0.2) is 11.6 Å². The number of sulfonamides is 1. The molecule has 0 bridgehead atoms. The van der Waals surface area contributed by atoms with Gasteiger partial charge in [0, 0.05) is 25.4 Å². The van der Waals surface area contributed by atoms with Crippen LogP contribution in [0.4, 0.5) is 4.39 Å². The number of ether oxygens (including phenoxy) is 2. The van der Waals surface area contributed by atoms with E-state index in [1.165, 1.54) is 12.1 Å². The Hall–Kier alpha value is -0.930. The highest BCUT2D eigenvalue weighted by Gasteiger charge is 2.22. The molecule has 9 heteroatoms. The second-order valence-corrected chi connectivity index (χ2v) is 7.93. The number of benzene rings is 1. The summed E-state index contributed by atoms with van der Waals surface area (Å²) in [5, 5.41) is 3.22. The molecular formula is C16H24ClFN2O4S. The van der Waals surface area contributed by atoms with Crippen molar-refractivity contribution >= 4 is 22.4 Å². The monoisotopic (exact) mass is 394 g/mol. The Morgan fingerprint density at radius 2 is 2.04 bits per heavy atom. The van der Waals surface area contributed by atoms with Gasteiger partial charge >= 0.3 is 0 Å². The van der Waals surface area contributed by atoms with Crippen LogP contribution in [0.2, 0.25) is 0 Å². The second kappa shape index (κ2) is 9.14. The van der Waals surface area contributed by atoms with E-state index in [1.807, 2.05) is 0 Å². The zero-order valence-corrected chi connectivity index (χ0v) is 15.5. The predicted octanol–water partition coefficient (Wildman–Crippen LogP) is 1.84. The SMILES string of the molecule is Cl.O=S(=O)(NCC1CCCN1)c1ccc(OC2CCOCC2)c(F)c1. The van der Waals surface area contributed by atoms with Gasteiger partial charge in [-0.25, -0.2) is 17.5 Å². The van der Waals surface area contributed by atoms with Crippen LogP contribution in [0.25, 0.3) is 0 Å².